The number of thiophene rings is 1. The molecule has 0 spiro atoms. The third kappa shape index (κ3) is 2.35. The van der Waals surface area contributed by atoms with Crippen molar-refractivity contribution in [3.63, 3.8) is 0 Å². The van der Waals surface area contributed by atoms with Crippen LogP contribution in [0.2, 0.25) is 0 Å². The van der Waals surface area contributed by atoms with Crippen molar-refractivity contribution in [3.05, 3.63) is 22.4 Å². The molecule has 70 valence electrons. The maximum Gasteiger partial charge on any atom is 0.141 e. The minimum Gasteiger partial charge on any atom is -0.299 e. The molecule has 1 nitrogen and oxygen atoms in total. The number of Topliss-reactive ketones (excluding diaryl/α,β-unsaturated/α-hetero) is 1. The van der Waals surface area contributed by atoms with Crippen LogP contribution in [-0.4, -0.2) is 17.3 Å². The molecule has 1 aromatic rings. The molecule has 0 aromatic carbocycles. The molecule has 1 unspecified atom stereocenters. The molecule has 0 bridgehead atoms. The highest BCUT2D eigenvalue weighted by Gasteiger charge is 2.22. The number of carbonyl (C=O) groups excluding carboxylic acids is 1. The van der Waals surface area contributed by atoms with Crippen LogP contribution < -0.4 is 0 Å². The molecule has 0 saturated carbocycles. The summed E-state index contributed by atoms with van der Waals surface area (Å²) in [6.45, 7) is 0. The first kappa shape index (κ1) is 9.28. The summed E-state index contributed by atoms with van der Waals surface area (Å²) in [5, 5.41) is 4.10. The number of ketones is 1. The summed E-state index contributed by atoms with van der Waals surface area (Å²) < 4.78 is 0. The van der Waals surface area contributed by atoms with E-state index in [0.29, 0.717) is 18.1 Å². The van der Waals surface area contributed by atoms with E-state index in [4.69, 9.17) is 0 Å². The highest BCUT2D eigenvalue weighted by Crippen LogP contribution is 2.25. The maximum absolute atomic E-state index is 11.7. The van der Waals surface area contributed by atoms with E-state index < -0.39 is 0 Å². The molecule has 0 N–H and O–H groups in total. The molecule has 0 aliphatic carbocycles. The smallest absolute Gasteiger partial charge is 0.141 e. The fourth-order valence-corrected chi connectivity index (χ4v) is 3.45. The molecular weight excluding hydrogens is 200 g/mol. The summed E-state index contributed by atoms with van der Waals surface area (Å²) in [5.74, 6) is 2.98. The average molecular weight is 212 g/mol. The Balaban J connectivity index is 1.91. The van der Waals surface area contributed by atoms with Gasteiger partial charge in [0.2, 0.25) is 0 Å². The monoisotopic (exact) mass is 212 g/mol. The van der Waals surface area contributed by atoms with Gasteiger partial charge in [-0.05, 0) is 34.6 Å². The molecule has 0 radical (unpaired) electrons. The molecule has 1 saturated heterocycles. The van der Waals surface area contributed by atoms with Crippen molar-refractivity contribution in [1.29, 1.82) is 0 Å². The minimum absolute atomic E-state index is 0.338. The summed E-state index contributed by atoms with van der Waals surface area (Å²) in [6, 6.07) is 2.05. The molecule has 1 aliphatic heterocycles. The Hall–Kier alpha value is -0.280. The van der Waals surface area contributed by atoms with Crippen LogP contribution in [0, 0.1) is 5.92 Å². The SMILES string of the molecule is O=C(Cc1ccsc1)C1CCSC1. The zero-order valence-electron chi connectivity index (χ0n) is 7.36. The molecule has 3 heteroatoms. The molecule has 1 atom stereocenters. The summed E-state index contributed by atoms with van der Waals surface area (Å²) in [7, 11) is 0. The van der Waals surface area contributed by atoms with Gasteiger partial charge in [-0.25, -0.2) is 0 Å². The lowest BCUT2D eigenvalue weighted by Crippen LogP contribution is -2.15. The van der Waals surface area contributed by atoms with Gasteiger partial charge >= 0.3 is 0 Å². The Morgan fingerprint density at radius 2 is 2.54 bits per heavy atom. The van der Waals surface area contributed by atoms with Crippen LogP contribution in [0.15, 0.2) is 16.8 Å². The second kappa shape index (κ2) is 4.29. The van der Waals surface area contributed by atoms with E-state index in [1.807, 2.05) is 23.2 Å². The number of rotatable bonds is 3. The molecule has 2 rings (SSSR count). The summed E-state index contributed by atoms with van der Waals surface area (Å²) in [4.78, 5) is 11.7. The van der Waals surface area contributed by atoms with Gasteiger partial charge in [0.25, 0.3) is 0 Å². The molecule has 1 aliphatic rings. The normalized spacial score (nSPS) is 22.0. The quantitative estimate of drug-likeness (QED) is 0.766. The van der Waals surface area contributed by atoms with E-state index in [-0.39, 0.29) is 0 Å². The second-order valence-electron chi connectivity index (χ2n) is 3.34. The van der Waals surface area contributed by atoms with Crippen molar-refractivity contribution in [2.75, 3.05) is 11.5 Å². The first-order valence-electron chi connectivity index (χ1n) is 4.48. The molecule has 13 heavy (non-hydrogen) atoms. The second-order valence-corrected chi connectivity index (χ2v) is 5.27. The van der Waals surface area contributed by atoms with Crippen molar-refractivity contribution in [2.45, 2.75) is 12.8 Å². The van der Waals surface area contributed by atoms with Gasteiger partial charge in [0, 0.05) is 18.1 Å². The highest BCUT2D eigenvalue weighted by molar-refractivity contribution is 7.99. The predicted molar refractivity (Wildman–Crippen MR) is 58.5 cm³/mol. The van der Waals surface area contributed by atoms with E-state index in [9.17, 15) is 4.79 Å². The van der Waals surface area contributed by atoms with Crippen molar-refractivity contribution < 1.29 is 4.79 Å². The minimum atomic E-state index is 0.338. The zero-order chi connectivity index (χ0) is 9.10. The van der Waals surface area contributed by atoms with Crippen LogP contribution in [0.1, 0.15) is 12.0 Å². The largest absolute Gasteiger partial charge is 0.299 e. The standard InChI is InChI=1S/C10H12OS2/c11-10(9-2-4-13-7-9)5-8-1-3-12-6-8/h1,3,6,9H,2,4-5,7H2. The first-order chi connectivity index (χ1) is 6.36. The highest BCUT2D eigenvalue weighted by atomic mass is 32.2. The molecular formula is C10H12OS2. The van der Waals surface area contributed by atoms with E-state index in [2.05, 4.69) is 5.38 Å². The van der Waals surface area contributed by atoms with Gasteiger partial charge in [0.1, 0.15) is 5.78 Å². The molecule has 1 fully saturated rings. The van der Waals surface area contributed by atoms with Crippen LogP contribution in [0.3, 0.4) is 0 Å². The summed E-state index contributed by atoms with van der Waals surface area (Å²) >= 11 is 3.57. The molecule has 1 aromatic heterocycles. The third-order valence-corrected chi connectivity index (χ3v) is 4.24. The lowest BCUT2D eigenvalue weighted by atomic mass is 9.99. The average Bonchev–Trinajstić information content (AvgIpc) is 2.74. The van der Waals surface area contributed by atoms with Crippen LogP contribution in [0.4, 0.5) is 0 Å². The van der Waals surface area contributed by atoms with E-state index in [0.717, 1.165) is 12.2 Å². The Morgan fingerprint density at radius 3 is 3.15 bits per heavy atom. The Bertz CT molecular complexity index is 273. The van der Waals surface area contributed by atoms with Gasteiger partial charge in [-0.2, -0.15) is 23.1 Å². The summed E-state index contributed by atoms with van der Waals surface area (Å²) in [6.07, 6.45) is 1.74. The number of hydrogen-bond acceptors (Lipinski definition) is 3. The molecule has 0 amide bonds. The predicted octanol–water partition coefficient (Wildman–Crippen LogP) is 2.61. The van der Waals surface area contributed by atoms with Crippen LogP contribution in [0.5, 0.6) is 0 Å². The topological polar surface area (TPSA) is 17.1 Å². The van der Waals surface area contributed by atoms with Gasteiger partial charge in [-0.3, -0.25) is 4.79 Å². The number of carbonyl (C=O) groups is 1. The van der Waals surface area contributed by atoms with E-state index in [1.165, 1.54) is 11.3 Å². The van der Waals surface area contributed by atoms with Gasteiger partial charge in [0.15, 0.2) is 0 Å². The van der Waals surface area contributed by atoms with Gasteiger partial charge in [-0.1, -0.05) is 0 Å². The van der Waals surface area contributed by atoms with Crippen molar-refractivity contribution in [1.82, 2.24) is 0 Å². The molecule has 2 heterocycles. The number of hydrogen-bond donors (Lipinski definition) is 0. The van der Waals surface area contributed by atoms with Crippen LogP contribution in [0.25, 0.3) is 0 Å². The lowest BCUT2D eigenvalue weighted by Gasteiger charge is -2.04. The van der Waals surface area contributed by atoms with Gasteiger partial charge < -0.3 is 0 Å². The summed E-state index contributed by atoms with van der Waals surface area (Å²) in [5.41, 5.74) is 1.19. The Kier molecular flexibility index (Phi) is 3.06. The van der Waals surface area contributed by atoms with Crippen molar-refractivity contribution in [3.8, 4) is 0 Å². The first-order valence-corrected chi connectivity index (χ1v) is 6.57. The van der Waals surface area contributed by atoms with Crippen molar-refractivity contribution in [2.24, 2.45) is 5.92 Å². The van der Waals surface area contributed by atoms with E-state index >= 15 is 0 Å². The van der Waals surface area contributed by atoms with Gasteiger partial charge in [0.05, 0.1) is 0 Å². The Labute approximate surface area is 86.5 Å². The fourth-order valence-electron chi connectivity index (χ4n) is 1.53. The van der Waals surface area contributed by atoms with Crippen molar-refractivity contribution >= 4 is 28.9 Å². The third-order valence-electron chi connectivity index (χ3n) is 2.34. The van der Waals surface area contributed by atoms with E-state index in [1.54, 1.807) is 11.3 Å². The maximum atomic E-state index is 11.7. The number of thioether (sulfide) groups is 1. The zero-order valence-corrected chi connectivity index (χ0v) is 9.00. The lowest BCUT2D eigenvalue weighted by molar-refractivity contribution is -0.121. The Morgan fingerprint density at radius 1 is 1.62 bits per heavy atom. The fraction of sp³-hybridized carbons (Fsp3) is 0.500. The van der Waals surface area contributed by atoms with Gasteiger partial charge in [-0.15, -0.1) is 0 Å². The van der Waals surface area contributed by atoms with Crippen LogP contribution in [-0.2, 0) is 11.2 Å². The van der Waals surface area contributed by atoms with Crippen LogP contribution >= 0.6 is 23.1 Å².